The molecule has 0 aliphatic heterocycles. The van der Waals surface area contributed by atoms with Crippen LogP contribution in [0.15, 0.2) is 12.3 Å². The third-order valence-corrected chi connectivity index (χ3v) is 2.37. The smallest absolute Gasteiger partial charge is 0.396 e. The number of hydrogen-bond donors (Lipinski definition) is 3. The molecule has 0 saturated carbocycles. The molecule has 0 aliphatic carbocycles. The highest BCUT2D eigenvalue weighted by Gasteiger charge is 2.27. The minimum absolute atomic E-state index is 0.123. The summed E-state index contributed by atoms with van der Waals surface area (Å²) in [6, 6.07) is 1.61. The second-order valence-electron chi connectivity index (χ2n) is 3.82. The van der Waals surface area contributed by atoms with E-state index in [1.54, 1.807) is 16.9 Å². The zero-order valence-electron chi connectivity index (χ0n) is 10.1. The first-order valence-corrected chi connectivity index (χ1v) is 6.07. The van der Waals surface area contributed by atoms with Crippen molar-refractivity contribution < 1.29 is 18.3 Å². The average Bonchev–Trinajstić information content (AvgIpc) is 2.74. The summed E-state index contributed by atoms with van der Waals surface area (Å²) in [6.07, 6.45) is -1.18. The number of aliphatic hydroxyl groups excluding tert-OH is 1. The van der Waals surface area contributed by atoms with Crippen LogP contribution in [0.5, 0.6) is 0 Å². The molecule has 3 N–H and O–H groups in total. The second kappa shape index (κ2) is 7.29. The Morgan fingerprint density at radius 3 is 2.79 bits per heavy atom. The van der Waals surface area contributed by atoms with Crippen LogP contribution in [-0.4, -0.2) is 39.3 Å². The maximum Gasteiger partial charge on any atom is 0.405 e. The molecule has 19 heavy (non-hydrogen) atoms. The molecule has 108 valence electrons. The molecule has 0 radical (unpaired) electrons. The van der Waals surface area contributed by atoms with E-state index in [2.05, 4.69) is 10.4 Å². The van der Waals surface area contributed by atoms with Crippen LogP contribution in [0.3, 0.4) is 0 Å². The lowest BCUT2D eigenvalue weighted by molar-refractivity contribution is -0.121. The van der Waals surface area contributed by atoms with Crippen LogP contribution in [0.25, 0.3) is 0 Å². The standard InChI is InChI=1S/C10H15F3N4OS/c11-10(12,13)7-14-9(19)15-8-3-5-17(16-8)4-1-2-6-18/h3,5,18H,1-2,4,6-7H2,(H2,14,15,16,19). The highest BCUT2D eigenvalue weighted by molar-refractivity contribution is 7.80. The van der Waals surface area contributed by atoms with Crippen molar-refractivity contribution in [1.29, 1.82) is 0 Å². The van der Waals surface area contributed by atoms with Gasteiger partial charge < -0.3 is 15.7 Å². The molecule has 1 rings (SSSR count). The van der Waals surface area contributed by atoms with Crippen molar-refractivity contribution in [3.63, 3.8) is 0 Å². The van der Waals surface area contributed by atoms with Gasteiger partial charge in [0.2, 0.25) is 0 Å². The zero-order chi connectivity index (χ0) is 14.3. The van der Waals surface area contributed by atoms with E-state index >= 15 is 0 Å². The lowest BCUT2D eigenvalue weighted by Crippen LogP contribution is -2.36. The number of anilines is 1. The fourth-order valence-corrected chi connectivity index (χ4v) is 1.46. The van der Waals surface area contributed by atoms with Crippen molar-refractivity contribution in [2.75, 3.05) is 18.5 Å². The maximum absolute atomic E-state index is 11.9. The van der Waals surface area contributed by atoms with E-state index in [9.17, 15) is 13.2 Å². The summed E-state index contributed by atoms with van der Waals surface area (Å²) in [4.78, 5) is 0. The minimum atomic E-state index is -4.31. The Bertz CT molecular complexity index is 408. The Morgan fingerprint density at radius 1 is 1.42 bits per heavy atom. The van der Waals surface area contributed by atoms with Gasteiger partial charge in [-0.3, -0.25) is 4.68 Å². The van der Waals surface area contributed by atoms with Crippen LogP contribution in [0.4, 0.5) is 19.0 Å². The number of alkyl halides is 3. The minimum Gasteiger partial charge on any atom is -0.396 e. The van der Waals surface area contributed by atoms with Gasteiger partial charge >= 0.3 is 6.18 Å². The zero-order valence-corrected chi connectivity index (χ0v) is 10.9. The van der Waals surface area contributed by atoms with Crippen LogP contribution < -0.4 is 10.6 Å². The molecule has 1 aromatic heterocycles. The summed E-state index contributed by atoms with van der Waals surface area (Å²) in [5, 5.41) is 17.2. The van der Waals surface area contributed by atoms with Crippen LogP contribution >= 0.6 is 12.2 Å². The molecule has 0 saturated heterocycles. The highest BCUT2D eigenvalue weighted by atomic mass is 32.1. The molecule has 0 amide bonds. The molecule has 0 aromatic carbocycles. The molecular weight excluding hydrogens is 281 g/mol. The van der Waals surface area contributed by atoms with Crippen LogP contribution in [0.2, 0.25) is 0 Å². The first kappa shape index (κ1) is 15.7. The lowest BCUT2D eigenvalue weighted by Gasteiger charge is -2.10. The number of rotatable bonds is 6. The Balaban J connectivity index is 2.34. The van der Waals surface area contributed by atoms with Gasteiger partial charge in [-0.25, -0.2) is 0 Å². The van der Waals surface area contributed by atoms with Crippen molar-refractivity contribution in [3.8, 4) is 0 Å². The van der Waals surface area contributed by atoms with E-state index in [1.165, 1.54) is 0 Å². The Kier molecular flexibility index (Phi) is 6.03. The normalized spacial score (nSPS) is 11.4. The largest absolute Gasteiger partial charge is 0.405 e. The third kappa shape index (κ3) is 6.97. The number of hydrogen-bond acceptors (Lipinski definition) is 3. The topological polar surface area (TPSA) is 62.1 Å². The molecule has 0 unspecified atom stereocenters. The first-order chi connectivity index (χ1) is 8.90. The lowest BCUT2D eigenvalue weighted by atomic mass is 10.3. The van der Waals surface area contributed by atoms with E-state index < -0.39 is 12.7 Å². The summed E-state index contributed by atoms with van der Waals surface area (Å²) in [5.74, 6) is 0.378. The summed E-state index contributed by atoms with van der Waals surface area (Å²) in [6.45, 7) is -0.432. The van der Waals surface area contributed by atoms with Gasteiger partial charge in [0.05, 0.1) is 0 Å². The maximum atomic E-state index is 11.9. The summed E-state index contributed by atoms with van der Waals surface area (Å²) in [5.41, 5.74) is 0. The van der Waals surface area contributed by atoms with Gasteiger partial charge in [0.25, 0.3) is 0 Å². The highest BCUT2D eigenvalue weighted by Crippen LogP contribution is 2.12. The monoisotopic (exact) mass is 296 g/mol. The van der Waals surface area contributed by atoms with E-state index in [4.69, 9.17) is 17.3 Å². The molecule has 0 atom stereocenters. The summed E-state index contributed by atoms with van der Waals surface area (Å²) < 4.78 is 37.5. The second-order valence-corrected chi connectivity index (χ2v) is 4.23. The van der Waals surface area contributed by atoms with E-state index in [-0.39, 0.29) is 11.7 Å². The van der Waals surface area contributed by atoms with Crippen LogP contribution in [-0.2, 0) is 6.54 Å². The summed E-state index contributed by atoms with van der Waals surface area (Å²) in [7, 11) is 0. The van der Waals surface area contributed by atoms with Gasteiger partial charge in [-0.2, -0.15) is 18.3 Å². The number of aliphatic hydroxyl groups is 1. The number of halogens is 3. The van der Waals surface area contributed by atoms with Gasteiger partial charge in [0.1, 0.15) is 6.54 Å². The van der Waals surface area contributed by atoms with E-state index in [1.807, 2.05) is 5.32 Å². The number of nitrogens with one attached hydrogen (secondary N) is 2. The third-order valence-electron chi connectivity index (χ3n) is 2.13. The van der Waals surface area contributed by atoms with Gasteiger partial charge in [-0.05, 0) is 25.1 Å². The average molecular weight is 296 g/mol. The van der Waals surface area contributed by atoms with E-state index in [0.29, 0.717) is 18.8 Å². The van der Waals surface area contributed by atoms with Crippen LogP contribution in [0, 0.1) is 0 Å². The molecule has 0 spiro atoms. The number of aryl methyl sites for hydroxylation is 1. The molecular formula is C10H15F3N4OS. The predicted molar refractivity (Wildman–Crippen MR) is 68.8 cm³/mol. The molecule has 0 fully saturated rings. The molecule has 1 heterocycles. The van der Waals surface area contributed by atoms with Crippen molar-refractivity contribution in [2.45, 2.75) is 25.6 Å². The number of thiocarbonyl (C=S) groups is 1. The van der Waals surface area contributed by atoms with Crippen molar-refractivity contribution in [2.24, 2.45) is 0 Å². The van der Waals surface area contributed by atoms with Gasteiger partial charge in [0.15, 0.2) is 10.9 Å². The Hall–Kier alpha value is -1.35. The Morgan fingerprint density at radius 2 is 2.16 bits per heavy atom. The van der Waals surface area contributed by atoms with Gasteiger partial charge in [0, 0.05) is 25.4 Å². The molecule has 9 heteroatoms. The van der Waals surface area contributed by atoms with E-state index in [0.717, 1.165) is 6.42 Å². The molecule has 1 aromatic rings. The molecule has 0 aliphatic rings. The predicted octanol–water partition coefficient (Wildman–Crippen LogP) is 1.50. The fourth-order valence-electron chi connectivity index (χ4n) is 1.28. The number of nitrogens with zero attached hydrogens (tertiary/aromatic N) is 2. The number of unbranched alkanes of at least 4 members (excludes halogenated alkanes) is 1. The van der Waals surface area contributed by atoms with Crippen LogP contribution in [0.1, 0.15) is 12.8 Å². The first-order valence-electron chi connectivity index (χ1n) is 5.66. The quantitative estimate of drug-likeness (QED) is 0.548. The van der Waals surface area contributed by atoms with Crippen molar-refractivity contribution in [3.05, 3.63) is 12.3 Å². The van der Waals surface area contributed by atoms with Crippen molar-refractivity contribution in [1.82, 2.24) is 15.1 Å². The van der Waals surface area contributed by atoms with Crippen molar-refractivity contribution >= 4 is 23.1 Å². The Labute approximate surface area is 113 Å². The fraction of sp³-hybridized carbons (Fsp3) is 0.600. The summed E-state index contributed by atoms with van der Waals surface area (Å²) >= 11 is 4.72. The van der Waals surface area contributed by atoms with Gasteiger partial charge in [-0.15, -0.1) is 0 Å². The molecule has 0 bridgehead atoms. The SMILES string of the molecule is OCCCCn1ccc(NC(=S)NCC(F)(F)F)n1. The molecule has 5 nitrogen and oxygen atoms in total. The van der Waals surface area contributed by atoms with Gasteiger partial charge in [-0.1, -0.05) is 0 Å². The number of aromatic nitrogens is 2.